The smallest absolute Gasteiger partial charge is 0.253 e. The molecular formula is C8H8BrN5S. The van der Waals surface area contributed by atoms with E-state index in [0.717, 1.165) is 9.50 Å². The minimum atomic E-state index is 0.417. The Kier molecular flexibility index (Phi) is 2.92. The van der Waals surface area contributed by atoms with E-state index in [0.29, 0.717) is 11.8 Å². The van der Waals surface area contributed by atoms with Crippen LogP contribution < -0.4 is 5.73 Å². The third-order valence-corrected chi connectivity index (χ3v) is 3.46. The molecule has 0 fully saturated rings. The molecular weight excluding hydrogens is 278 g/mol. The van der Waals surface area contributed by atoms with E-state index < -0.39 is 0 Å². The summed E-state index contributed by atoms with van der Waals surface area (Å²) in [5, 5.41) is 4.84. The van der Waals surface area contributed by atoms with E-state index in [1.807, 2.05) is 6.26 Å². The Hall–Kier alpha value is -1.08. The van der Waals surface area contributed by atoms with Crippen molar-refractivity contribution in [2.24, 2.45) is 0 Å². The van der Waals surface area contributed by atoms with Crippen LogP contribution in [0.1, 0.15) is 0 Å². The number of nitrogens with two attached hydrogens (primary N) is 1. The van der Waals surface area contributed by atoms with Gasteiger partial charge in [-0.05, 0) is 28.3 Å². The first kappa shape index (κ1) is 10.4. The minimum absolute atomic E-state index is 0.417. The number of anilines is 1. The standard InChI is InChI=1S/C8H8BrN5S/c1-15-7-5(9)6(10)12-8(13-7)14-4-2-3-11-14/h2-4H,1H3,(H2,10,12,13). The number of hydrogen-bond acceptors (Lipinski definition) is 5. The normalized spacial score (nSPS) is 10.5. The molecule has 2 aromatic heterocycles. The van der Waals surface area contributed by atoms with Gasteiger partial charge < -0.3 is 5.73 Å². The highest BCUT2D eigenvalue weighted by Crippen LogP contribution is 2.28. The predicted molar refractivity (Wildman–Crippen MR) is 63.0 cm³/mol. The van der Waals surface area contributed by atoms with Crippen LogP contribution in [-0.2, 0) is 0 Å². The van der Waals surface area contributed by atoms with Gasteiger partial charge in [0.05, 0.1) is 4.47 Å². The molecule has 0 aliphatic heterocycles. The lowest BCUT2D eigenvalue weighted by atomic mass is 10.6. The van der Waals surface area contributed by atoms with Crippen LogP contribution in [0.5, 0.6) is 0 Å². The fourth-order valence-corrected chi connectivity index (χ4v) is 2.18. The number of halogens is 1. The van der Waals surface area contributed by atoms with Crippen molar-refractivity contribution in [1.82, 2.24) is 19.7 Å². The first-order valence-electron chi connectivity index (χ1n) is 4.09. The molecule has 0 saturated carbocycles. The van der Waals surface area contributed by atoms with Gasteiger partial charge in [0.1, 0.15) is 10.8 Å². The molecule has 0 aromatic carbocycles. The van der Waals surface area contributed by atoms with Crippen molar-refractivity contribution in [3.8, 4) is 5.95 Å². The quantitative estimate of drug-likeness (QED) is 0.672. The molecule has 2 heterocycles. The van der Waals surface area contributed by atoms with Crippen molar-refractivity contribution in [1.29, 1.82) is 0 Å². The number of hydrogen-bond donors (Lipinski definition) is 1. The molecule has 2 N–H and O–H groups in total. The van der Waals surface area contributed by atoms with E-state index in [4.69, 9.17) is 5.73 Å². The second-order valence-electron chi connectivity index (χ2n) is 2.68. The summed E-state index contributed by atoms with van der Waals surface area (Å²) in [5.74, 6) is 0.893. The lowest BCUT2D eigenvalue weighted by molar-refractivity contribution is 0.789. The maximum absolute atomic E-state index is 5.75. The summed E-state index contributed by atoms with van der Waals surface area (Å²) >= 11 is 4.84. The van der Waals surface area contributed by atoms with Gasteiger partial charge in [-0.15, -0.1) is 11.8 Å². The van der Waals surface area contributed by atoms with Crippen LogP contribution in [0.2, 0.25) is 0 Å². The van der Waals surface area contributed by atoms with E-state index in [2.05, 4.69) is 31.0 Å². The van der Waals surface area contributed by atoms with Crippen molar-refractivity contribution in [2.75, 3.05) is 12.0 Å². The summed E-state index contributed by atoms with van der Waals surface area (Å²) < 4.78 is 2.30. The van der Waals surface area contributed by atoms with Crippen molar-refractivity contribution < 1.29 is 0 Å². The van der Waals surface area contributed by atoms with E-state index in [9.17, 15) is 0 Å². The molecule has 0 unspecified atom stereocenters. The zero-order valence-electron chi connectivity index (χ0n) is 7.88. The van der Waals surface area contributed by atoms with Crippen LogP contribution in [0.25, 0.3) is 5.95 Å². The maximum atomic E-state index is 5.75. The van der Waals surface area contributed by atoms with Gasteiger partial charge in [0.25, 0.3) is 5.95 Å². The van der Waals surface area contributed by atoms with E-state index in [-0.39, 0.29) is 0 Å². The molecule has 0 aliphatic rings. The first-order valence-corrected chi connectivity index (χ1v) is 6.11. The lowest BCUT2D eigenvalue weighted by Gasteiger charge is -2.06. The Morgan fingerprint density at radius 2 is 2.27 bits per heavy atom. The highest BCUT2D eigenvalue weighted by molar-refractivity contribution is 9.10. The third kappa shape index (κ3) is 1.98. The van der Waals surface area contributed by atoms with Crippen molar-refractivity contribution >= 4 is 33.5 Å². The second-order valence-corrected chi connectivity index (χ2v) is 4.27. The zero-order valence-corrected chi connectivity index (χ0v) is 10.3. The largest absolute Gasteiger partial charge is 0.383 e. The lowest BCUT2D eigenvalue weighted by Crippen LogP contribution is -2.06. The second kappa shape index (κ2) is 4.19. The summed E-state index contributed by atoms with van der Waals surface area (Å²) in [4.78, 5) is 8.45. The van der Waals surface area contributed by atoms with Crippen molar-refractivity contribution in [3.05, 3.63) is 22.9 Å². The van der Waals surface area contributed by atoms with Gasteiger partial charge in [-0.2, -0.15) is 10.1 Å². The maximum Gasteiger partial charge on any atom is 0.253 e. The molecule has 15 heavy (non-hydrogen) atoms. The Balaban J connectivity index is 2.55. The molecule has 0 radical (unpaired) electrons. The van der Waals surface area contributed by atoms with E-state index in [1.54, 1.807) is 23.1 Å². The van der Waals surface area contributed by atoms with Crippen LogP contribution >= 0.6 is 27.7 Å². The fourth-order valence-electron chi connectivity index (χ4n) is 1.06. The molecule has 0 amide bonds. The van der Waals surface area contributed by atoms with Gasteiger partial charge in [-0.25, -0.2) is 9.67 Å². The first-order chi connectivity index (χ1) is 7.22. The third-order valence-electron chi connectivity index (χ3n) is 1.74. The van der Waals surface area contributed by atoms with Gasteiger partial charge in [-0.3, -0.25) is 0 Å². The molecule has 2 rings (SSSR count). The zero-order chi connectivity index (χ0) is 10.8. The Morgan fingerprint density at radius 3 is 2.87 bits per heavy atom. The minimum Gasteiger partial charge on any atom is -0.383 e. The van der Waals surface area contributed by atoms with E-state index >= 15 is 0 Å². The fraction of sp³-hybridized carbons (Fsp3) is 0.125. The number of aromatic nitrogens is 4. The summed E-state index contributed by atoms with van der Waals surface area (Å²) in [5.41, 5.74) is 5.75. The molecule has 0 aliphatic carbocycles. The summed E-state index contributed by atoms with van der Waals surface area (Å²) in [6.07, 6.45) is 5.37. The predicted octanol–water partition coefficient (Wildman–Crippen LogP) is 1.73. The molecule has 78 valence electrons. The van der Waals surface area contributed by atoms with Crippen LogP contribution in [-0.4, -0.2) is 26.0 Å². The Labute approximate surface area is 99.2 Å². The number of rotatable bonds is 2. The highest BCUT2D eigenvalue weighted by atomic mass is 79.9. The average Bonchev–Trinajstić information content (AvgIpc) is 2.75. The molecule has 7 heteroatoms. The van der Waals surface area contributed by atoms with Gasteiger partial charge >= 0.3 is 0 Å². The van der Waals surface area contributed by atoms with Crippen LogP contribution in [0.4, 0.5) is 5.82 Å². The molecule has 0 atom stereocenters. The molecule has 0 spiro atoms. The number of nitrogen functional groups attached to an aromatic ring is 1. The summed E-state index contributed by atoms with van der Waals surface area (Å²) in [6.45, 7) is 0. The average molecular weight is 286 g/mol. The monoisotopic (exact) mass is 285 g/mol. The molecule has 5 nitrogen and oxygen atoms in total. The summed E-state index contributed by atoms with van der Waals surface area (Å²) in [6, 6.07) is 1.81. The molecule has 2 aromatic rings. The van der Waals surface area contributed by atoms with Crippen LogP contribution in [0.15, 0.2) is 28.0 Å². The number of thioether (sulfide) groups is 1. The van der Waals surface area contributed by atoms with Crippen molar-refractivity contribution in [3.63, 3.8) is 0 Å². The Morgan fingerprint density at radius 1 is 1.47 bits per heavy atom. The van der Waals surface area contributed by atoms with Gasteiger partial charge in [0.15, 0.2) is 0 Å². The van der Waals surface area contributed by atoms with Gasteiger partial charge in [0, 0.05) is 12.4 Å². The van der Waals surface area contributed by atoms with Gasteiger partial charge in [-0.1, -0.05) is 0 Å². The van der Waals surface area contributed by atoms with Crippen molar-refractivity contribution in [2.45, 2.75) is 5.03 Å². The van der Waals surface area contributed by atoms with Crippen LogP contribution in [0.3, 0.4) is 0 Å². The molecule has 0 bridgehead atoms. The molecule has 0 saturated heterocycles. The summed E-state index contributed by atoms with van der Waals surface area (Å²) in [7, 11) is 0. The topological polar surface area (TPSA) is 69.6 Å². The van der Waals surface area contributed by atoms with Gasteiger partial charge in [0.2, 0.25) is 0 Å². The Bertz CT molecular complexity index is 470. The van der Waals surface area contributed by atoms with Crippen LogP contribution in [0, 0.1) is 0 Å². The number of nitrogens with zero attached hydrogens (tertiary/aromatic N) is 4. The SMILES string of the molecule is CSc1nc(-n2cccn2)nc(N)c1Br. The highest BCUT2D eigenvalue weighted by Gasteiger charge is 2.10. The van der Waals surface area contributed by atoms with E-state index in [1.165, 1.54) is 11.8 Å².